The van der Waals surface area contributed by atoms with Crippen LogP contribution in [0.2, 0.25) is 0 Å². The van der Waals surface area contributed by atoms with Gasteiger partial charge in [0.2, 0.25) is 0 Å². The summed E-state index contributed by atoms with van der Waals surface area (Å²) in [5, 5.41) is 11.9. The van der Waals surface area contributed by atoms with E-state index in [1.165, 1.54) is 11.1 Å². The Balaban J connectivity index is 1.61. The van der Waals surface area contributed by atoms with E-state index >= 15 is 0 Å². The second-order valence-corrected chi connectivity index (χ2v) is 11.7. The van der Waals surface area contributed by atoms with Gasteiger partial charge in [-0.2, -0.15) is 5.26 Å². The van der Waals surface area contributed by atoms with Crippen LogP contribution in [0.15, 0.2) is 91.0 Å². The third kappa shape index (κ3) is 3.98. The van der Waals surface area contributed by atoms with Gasteiger partial charge in [-0.1, -0.05) is 68.5 Å². The van der Waals surface area contributed by atoms with Crippen LogP contribution in [0.1, 0.15) is 60.1 Å². The molecule has 1 unspecified atom stereocenters. The minimum atomic E-state index is -0.893. The first-order valence-corrected chi connectivity index (χ1v) is 15.4. The molecule has 5 nitrogen and oxygen atoms in total. The molecule has 0 amide bonds. The van der Waals surface area contributed by atoms with Crippen molar-refractivity contribution < 1.29 is 18.9 Å². The zero-order valence-corrected chi connectivity index (χ0v) is 26.2. The van der Waals surface area contributed by atoms with E-state index in [0.717, 1.165) is 62.9 Å². The van der Waals surface area contributed by atoms with Crippen LogP contribution in [0.4, 0.5) is 0 Å². The third-order valence-electron chi connectivity index (χ3n) is 9.89. The van der Waals surface area contributed by atoms with E-state index in [4.69, 9.17) is 18.9 Å². The van der Waals surface area contributed by atoms with Crippen molar-refractivity contribution in [3.8, 4) is 40.2 Å². The lowest BCUT2D eigenvalue weighted by molar-refractivity contribution is 0.163. The molecule has 45 heavy (non-hydrogen) atoms. The van der Waals surface area contributed by atoms with E-state index in [1.54, 1.807) is 21.3 Å². The number of nitrogens with zero attached hydrogens (tertiary/aromatic N) is 1. The SMILES string of the molecule is CCC1(CC)c2cc(C#N)ccc2-c2c1c1c(c3cc(OC)c(OC)cc23)OC(c2ccccc2)(c2ccc(OC)cc2)C=C1. The molecule has 5 aromatic carbocycles. The Labute approximate surface area is 264 Å². The minimum absolute atomic E-state index is 0.302. The normalized spacial score (nSPS) is 17.1. The molecule has 0 saturated carbocycles. The number of benzene rings is 5. The molecule has 7 rings (SSSR count). The first-order chi connectivity index (χ1) is 22.0. The predicted molar refractivity (Wildman–Crippen MR) is 178 cm³/mol. The maximum absolute atomic E-state index is 9.88. The van der Waals surface area contributed by atoms with Crippen molar-refractivity contribution in [2.45, 2.75) is 37.7 Å². The lowest BCUT2D eigenvalue weighted by Gasteiger charge is -2.39. The Morgan fingerprint density at radius 1 is 0.756 bits per heavy atom. The van der Waals surface area contributed by atoms with Gasteiger partial charge in [0, 0.05) is 27.5 Å². The Morgan fingerprint density at radius 2 is 1.42 bits per heavy atom. The fourth-order valence-corrected chi connectivity index (χ4v) is 7.59. The summed E-state index contributed by atoms with van der Waals surface area (Å²) in [6.45, 7) is 4.48. The molecule has 224 valence electrons. The predicted octanol–water partition coefficient (Wildman–Crippen LogP) is 9.17. The number of rotatable bonds is 7. The molecule has 1 heterocycles. The van der Waals surface area contributed by atoms with Crippen molar-refractivity contribution in [1.82, 2.24) is 0 Å². The van der Waals surface area contributed by atoms with Crippen LogP contribution in [0.5, 0.6) is 23.0 Å². The highest BCUT2D eigenvalue weighted by molar-refractivity contribution is 6.09. The largest absolute Gasteiger partial charge is 0.497 e. The molecular weight excluding hydrogens is 558 g/mol. The molecule has 5 aromatic rings. The van der Waals surface area contributed by atoms with Gasteiger partial charge in [0.15, 0.2) is 17.1 Å². The molecule has 1 aliphatic heterocycles. The average molecular weight is 594 g/mol. The summed E-state index contributed by atoms with van der Waals surface area (Å²) in [4.78, 5) is 0. The maximum atomic E-state index is 9.88. The molecular formula is C40H35NO4. The fraction of sp³-hybridized carbons (Fsp3) is 0.225. The van der Waals surface area contributed by atoms with Gasteiger partial charge in [-0.3, -0.25) is 0 Å². The van der Waals surface area contributed by atoms with Crippen LogP contribution < -0.4 is 18.9 Å². The van der Waals surface area contributed by atoms with Crippen LogP contribution in [0.3, 0.4) is 0 Å². The molecule has 1 atom stereocenters. The highest BCUT2D eigenvalue weighted by Gasteiger charge is 2.47. The van der Waals surface area contributed by atoms with Gasteiger partial charge >= 0.3 is 0 Å². The van der Waals surface area contributed by atoms with E-state index in [9.17, 15) is 5.26 Å². The zero-order chi connectivity index (χ0) is 31.3. The number of nitriles is 1. The number of hydrogen-bond donors (Lipinski definition) is 0. The van der Waals surface area contributed by atoms with Crippen LogP contribution >= 0.6 is 0 Å². The molecule has 2 aliphatic rings. The second-order valence-electron chi connectivity index (χ2n) is 11.7. The van der Waals surface area contributed by atoms with Crippen molar-refractivity contribution in [2.24, 2.45) is 0 Å². The molecule has 5 heteroatoms. The van der Waals surface area contributed by atoms with Crippen LogP contribution in [-0.4, -0.2) is 21.3 Å². The summed E-state index contributed by atoms with van der Waals surface area (Å²) < 4.78 is 24.6. The van der Waals surface area contributed by atoms with Gasteiger partial charge < -0.3 is 18.9 Å². The third-order valence-corrected chi connectivity index (χ3v) is 9.89. The monoisotopic (exact) mass is 593 g/mol. The molecule has 0 spiro atoms. The van der Waals surface area contributed by atoms with Gasteiger partial charge in [-0.05, 0) is 83.0 Å². The summed E-state index contributed by atoms with van der Waals surface area (Å²) in [6.07, 6.45) is 6.20. The lowest BCUT2D eigenvalue weighted by atomic mass is 9.71. The fourth-order valence-electron chi connectivity index (χ4n) is 7.59. The van der Waals surface area contributed by atoms with Crippen molar-refractivity contribution in [1.29, 1.82) is 5.26 Å². The number of ether oxygens (including phenoxy) is 4. The Hall–Kier alpha value is -5.21. The number of hydrogen-bond acceptors (Lipinski definition) is 5. The molecule has 0 N–H and O–H groups in total. The van der Waals surface area contributed by atoms with Crippen LogP contribution in [0.25, 0.3) is 28.0 Å². The van der Waals surface area contributed by atoms with Gasteiger partial charge in [0.1, 0.15) is 11.5 Å². The van der Waals surface area contributed by atoms with Crippen molar-refractivity contribution >= 4 is 16.8 Å². The highest BCUT2D eigenvalue weighted by Crippen LogP contribution is 2.61. The molecule has 1 aliphatic carbocycles. The van der Waals surface area contributed by atoms with Gasteiger partial charge in [0.25, 0.3) is 0 Å². The van der Waals surface area contributed by atoms with Crippen molar-refractivity contribution in [3.63, 3.8) is 0 Å². The second kappa shape index (κ2) is 10.7. The van der Waals surface area contributed by atoms with E-state index in [-0.39, 0.29) is 5.41 Å². The first-order valence-electron chi connectivity index (χ1n) is 15.4. The van der Waals surface area contributed by atoms with Crippen LogP contribution in [-0.2, 0) is 11.0 Å². The first kappa shape index (κ1) is 28.6. The average Bonchev–Trinajstić information content (AvgIpc) is 3.41. The smallest absolute Gasteiger partial charge is 0.178 e. The minimum Gasteiger partial charge on any atom is -0.497 e. The molecule has 0 bridgehead atoms. The summed E-state index contributed by atoms with van der Waals surface area (Å²) in [5.74, 6) is 2.87. The summed E-state index contributed by atoms with van der Waals surface area (Å²) in [6, 6.07) is 31.0. The lowest BCUT2D eigenvalue weighted by Crippen LogP contribution is -2.35. The summed E-state index contributed by atoms with van der Waals surface area (Å²) in [7, 11) is 5.00. The maximum Gasteiger partial charge on any atom is 0.178 e. The summed E-state index contributed by atoms with van der Waals surface area (Å²) in [5.41, 5.74) is 7.28. The number of fused-ring (bicyclic) bond motifs is 8. The topological polar surface area (TPSA) is 60.7 Å². The van der Waals surface area contributed by atoms with E-state index in [1.807, 2.05) is 42.5 Å². The van der Waals surface area contributed by atoms with Crippen LogP contribution in [0, 0.1) is 11.3 Å². The number of methoxy groups -OCH3 is 3. The Morgan fingerprint density at radius 3 is 2.04 bits per heavy atom. The van der Waals surface area contributed by atoms with Gasteiger partial charge in [-0.25, -0.2) is 0 Å². The Bertz CT molecular complexity index is 2020. The van der Waals surface area contributed by atoms with Gasteiger partial charge in [0.05, 0.1) is 33.0 Å². The van der Waals surface area contributed by atoms with E-state index in [0.29, 0.717) is 17.1 Å². The van der Waals surface area contributed by atoms with E-state index < -0.39 is 5.60 Å². The standard InChI is InChI=1S/C40H35NO4/c1-6-39(7-2)33-21-25(24-41)13-18-29(33)36-31-22-34(43-4)35(44-5)23-32(31)38-30(37(36)39)19-20-40(45-38,26-11-9-8-10-12-26)27-14-16-28(42-3)17-15-27/h8-23H,6-7H2,1-5H3. The molecule has 0 radical (unpaired) electrons. The van der Waals surface area contributed by atoms with Crippen molar-refractivity contribution in [2.75, 3.05) is 21.3 Å². The van der Waals surface area contributed by atoms with E-state index in [2.05, 4.69) is 74.5 Å². The molecule has 0 fully saturated rings. The summed E-state index contributed by atoms with van der Waals surface area (Å²) >= 11 is 0. The van der Waals surface area contributed by atoms with Crippen molar-refractivity contribution in [3.05, 3.63) is 124 Å². The molecule has 0 aromatic heterocycles. The highest BCUT2D eigenvalue weighted by atomic mass is 16.5. The molecule has 0 saturated heterocycles. The zero-order valence-electron chi connectivity index (χ0n) is 26.2. The Kier molecular flexibility index (Phi) is 6.82. The van der Waals surface area contributed by atoms with Gasteiger partial charge in [-0.15, -0.1) is 0 Å². The quantitative estimate of drug-likeness (QED) is 0.188.